The summed E-state index contributed by atoms with van der Waals surface area (Å²) >= 11 is 0. The van der Waals surface area contributed by atoms with E-state index in [0.29, 0.717) is 11.6 Å². The van der Waals surface area contributed by atoms with Crippen molar-refractivity contribution in [2.75, 3.05) is 11.9 Å². The molecule has 0 bridgehead atoms. The lowest BCUT2D eigenvalue weighted by Gasteiger charge is -2.18. The summed E-state index contributed by atoms with van der Waals surface area (Å²) in [6.07, 6.45) is 1.26. The Kier molecular flexibility index (Phi) is 3.23. The normalized spacial score (nSPS) is 13.2. The summed E-state index contributed by atoms with van der Waals surface area (Å²) in [6.45, 7) is 3.98. The Morgan fingerprint density at radius 1 is 1.47 bits per heavy atom. The van der Waals surface area contributed by atoms with E-state index in [2.05, 4.69) is 15.4 Å². The van der Waals surface area contributed by atoms with Gasteiger partial charge in [-0.3, -0.25) is 0 Å². The van der Waals surface area contributed by atoms with Crippen LogP contribution < -0.4 is 5.32 Å². The fourth-order valence-corrected chi connectivity index (χ4v) is 1.51. The zero-order valence-electron chi connectivity index (χ0n) is 9.76. The van der Waals surface area contributed by atoms with E-state index in [9.17, 15) is 9.50 Å². The maximum atomic E-state index is 13.0. The summed E-state index contributed by atoms with van der Waals surface area (Å²) in [7, 11) is 0. The number of aliphatic hydroxyl groups excluding tert-OH is 1. The molecule has 0 fully saturated rings. The van der Waals surface area contributed by atoms with Crippen molar-refractivity contribution in [2.24, 2.45) is 5.92 Å². The summed E-state index contributed by atoms with van der Waals surface area (Å²) in [5.74, 6) is 0.281. The minimum absolute atomic E-state index is 0.00157. The molecule has 2 heterocycles. The molecule has 5 nitrogen and oxygen atoms in total. The third-order valence-electron chi connectivity index (χ3n) is 2.61. The molecular weight excluding hydrogens is 223 g/mol. The second kappa shape index (κ2) is 4.67. The maximum absolute atomic E-state index is 13.0. The molecule has 0 amide bonds. The van der Waals surface area contributed by atoms with Crippen LogP contribution in [0.15, 0.2) is 18.3 Å². The van der Waals surface area contributed by atoms with E-state index in [-0.39, 0.29) is 24.4 Å². The van der Waals surface area contributed by atoms with Crippen LogP contribution in [0.25, 0.3) is 5.65 Å². The fraction of sp³-hybridized carbons (Fsp3) is 0.455. The number of hydrogen-bond acceptors (Lipinski definition) is 4. The molecule has 0 aliphatic carbocycles. The Labute approximate surface area is 98.3 Å². The molecule has 0 spiro atoms. The van der Waals surface area contributed by atoms with Crippen molar-refractivity contribution in [1.29, 1.82) is 0 Å². The van der Waals surface area contributed by atoms with Crippen molar-refractivity contribution < 1.29 is 9.50 Å². The molecule has 1 unspecified atom stereocenters. The number of anilines is 1. The molecule has 1 atom stereocenters. The third kappa shape index (κ3) is 2.52. The van der Waals surface area contributed by atoms with Gasteiger partial charge in [0.1, 0.15) is 5.82 Å². The van der Waals surface area contributed by atoms with E-state index >= 15 is 0 Å². The molecule has 2 aromatic rings. The number of nitrogens with zero attached hydrogens (tertiary/aromatic N) is 3. The van der Waals surface area contributed by atoms with E-state index in [4.69, 9.17) is 0 Å². The first-order valence-electron chi connectivity index (χ1n) is 5.49. The highest BCUT2D eigenvalue weighted by atomic mass is 19.1. The van der Waals surface area contributed by atoms with Gasteiger partial charge in [0.05, 0.1) is 18.8 Å². The number of aromatic nitrogens is 3. The second-order valence-electron chi connectivity index (χ2n) is 4.26. The Bertz CT molecular complexity index is 511. The van der Waals surface area contributed by atoms with E-state index in [1.165, 1.54) is 16.8 Å². The van der Waals surface area contributed by atoms with Gasteiger partial charge in [-0.1, -0.05) is 13.8 Å². The van der Waals surface area contributed by atoms with Gasteiger partial charge in [0.2, 0.25) is 5.95 Å². The first kappa shape index (κ1) is 11.8. The van der Waals surface area contributed by atoms with Gasteiger partial charge in [-0.2, -0.15) is 4.98 Å². The number of hydrogen-bond donors (Lipinski definition) is 2. The van der Waals surface area contributed by atoms with Gasteiger partial charge in [0, 0.05) is 0 Å². The largest absolute Gasteiger partial charge is 0.394 e. The van der Waals surface area contributed by atoms with Crippen LogP contribution in [-0.4, -0.2) is 32.4 Å². The van der Waals surface area contributed by atoms with Gasteiger partial charge < -0.3 is 10.4 Å². The maximum Gasteiger partial charge on any atom is 0.243 e. The highest BCUT2D eigenvalue weighted by Crippen LogP contribution is 2.11. The Balaban J connectivity index is 2.24. The van der Waals surface area contributed by atoms with Crippen LogP contribution in [0.4, 0.5) is 10.3 Å². The zero-order chi connectivity index (χ0) is 12.4. The second-order valence-corrected chi connectivity index (χ2v) is 4.26. The van der Waals surface area contributed by atoms with Crippen LogP contribution >= 0.6 is 0 Å². The number of nitrogens with one attached hydrogen (secondary N) is 1. The van der Waals surface area contributed by atoms with Gasteiger partial charge in [-0.25, -0.2) is 8.91 Å². The van der Waals surface area contributed by atoms with E-state index in [0.717, 1.165) is 0 Å². The average Bonchev–Trinajstić information content (AvgIpc) is 2.66. The molecule has 17 heavy (non-hydrogen) atoms. The van der Waals surface area contributed by atoms with Crippen molar-refractivity contribution in [3.63, 3.8) is 0 Å². The highest BCUT2D eigenvalue weighted by molar-refractivity contribution is 5.43. The van der Waals surface area contributed by atoms with E-state index in [1.54, 1.807) is 6.07 Å². The topological polar surface area (TPSA) is 62.5 Å². The molecule has 6 heteroatoms. The van der Waals surface area contributed by atoms with Gasteiger partial charge in [-0.05, 0) is 18.1 Å². The summed E-state index contributed by atoms with van der Waals surface area (Å²) < 4.78 is 14.3. The van der Waals surface area contributed by atoms with Gasteiger partial charge in [0.15, 0.2) is 5.65 Å². The van der Waals surface area contributed by atoms with Crippen molar-refractivity contribution in [1.82, 2.24) is 14.6 Å². The third-order valence-corrected chi connectivity index (χ3v) is 2.61. The van der Waals surface area contributed by atoms with Crippen LogP contribution in [0, 0.1) is 11.7 Å². The summed E-state index contributed by atoms with van der Waals surface area (Å²) in [5, 5.41) is 16.3. The van der Waals surface area contributed by atoms with Crippen LogP contribution in [0.2, 0.25) is 0 Å². The molecule has 0 aromatic carbocycles. The first-order valence-corrected chi connectivity index (χ1v) is 5.49. The number of pyridine rings is 1. The van der Waals surface area contributed by atoms with Crippen molar-refractivity contribution in [3.05, 3.63) is 24.1 Å². The Morgan fingerprint density at radius 3 is 2.88 bits per heavy atom. The average molecular weight is 238 g/mol. The van der Waals surface area contributed by atoms with Crippen LogP contribution in [0.3, 0.4) is 0 Å². The number of aliphatic hydroxyl groups is 1. The van der Waals surface area contributed by atoms with Gasteiger partial charge >= 0.3 is 0 Å². The van der Waals surface area contributed by atoms with E-state index in [1.807, 2.05) is 13.8 Å². The Hall–Kier alpha value is -1.69. The van der Waals surface area contributed by atoms with Crippen molar-refractivity contribution in [2.45, 2.75) is 19.9 Å². The lowest BCUT2D eigenvalue weighted by atomic mass is 10.1. The van der Waals surface area contributed by atoms with Crippen molar-refractivity contribution >= 4 is 11.6 Å². The first-order chi connectivity index (χ1) is 8.10. The molecule has 0 aliphatic rings. The monoisotopic (exact) mass is 238 g/mol. The van der Waals surface area contributed by atoms with Crippen LogP contribution in [-0.2, 0) is 0 Å². The predicted octanol–water partition coefficient (Wildman–Crippen LogP) is 1.30. The molecule has 92 valence electrons. The smallest absolute Gasteiger partial charge is 0.243 e. The summed E-state index contributed by atoms with van der Waals surface area (Å²) in [4.78, 5) is 4.19. The van der Waals surface area contributed by atoms with Crippen LogP contribution in [0.1, 0.15) is 13.8 Å². The minimum atomic E-state index is -0.364. The van der Waals surface area contributed by atoms with Gasteiger partial charge in [-0.15, -0.1) is 5.10 Å². The number of fused-ring (bicyclic) bond motifs is 1. The van der Waals surface area contributed by atoms with Crippen molar-refractivity contribution in [3.8, 4) is 0 Å². The van der Waals surface area contributed by atoms with Gasteiger partial charge in [0.25, 0.3) is 0 Å². The Morgan fingerprint density at radius 2 is 2.24 bits per heavy atom. The molecular formula is C11H15FN4O. The number of halogens is 1. The molecule has 2 rings (SSSR count). The molecule has 0 radical (unpaired) electrons. The lowest BCUT2D eigenvalue weighted by Crippen LogP contribution is -2.29. The zero-order valence-corrected chi connectivity index (χ0v) is 9.76. The number of rotatable bonds is 4. The standard InChI is InChI=1S/C11H15FN4O/c1-7(2)9(6-17)13-11-14-10-4-3-8(12)5-16(10)15-11/h3-5,7,9,17H,6H2,1-2H3,(H,13,15). The fourth-order valence-electron chi connectivity index (χ4n) is 1.51. The molecule has 2 aromatic heterocycles. The molecule has 2 N–H and O–H groups in total. The predicted molar refractivity (Wildman–Crippen MR) is 62.3 cm³/mol. The summed E-state index contributed by atoms with van der Waals surface area (Å²) in [5.41, 5.74) is 0.564. The molecule has 0 saturated heterocycles. The van der Waals surface area contributed by atoms with E-state index < -0.39 is 0 Å². The quantitative estimate of drug-likeness (QED) is 0.842. The van der Waals surface area contributed by atoms with Crippen LogP contribution in [0.5, 0.6) is 0 Å². The summed E-state index contributed by atoms with van der Waals surface area (Å²) in [6, 6.07) is 2.77. The highest BCUT2D eigenvalue weighted by Gasteiger charge is 2.14. The molecule has 0 saturated carbocycles. The lowest BCUT2D eigenvalue weighted by molar-refractivity contribution is 0.248. The SMILES string of the molecule is CC(C)C(CO)Nc1nc2ccc(F)cn2n1. The molecule has 0 aliphatic heterocycles. The minimum Gasteiger partial charge on any atom is -0.394 e.